The number of carbonyl (C=O) groups excluding carboxylic acids is 1. The van der Waals surface area contributed by atoms with Gasteiger partial charge in [0.15, 0.2) is 0 Å². The van der Waals surface area contributed by atoms with Gasteiger partial charge < -0.3 is 0 Å². The molecule has 0 N–H and O–H groups in total. The summed E-state index contributed by atoms with van der Waals surface area (Å²) >= 11 is 0. The number of nitrogens with zero attached hydrogens (tertiary/aromatic N) is 2. The third-order valence-corrected chi connectivity index (χ3v) is 2.56. The number of halogens is 2. The fraction of sp³-hybridized carbons (Fsp3) is 0.231. The van der Waals surface area contributed by atoms with Crippen molar-refractivity contribution in [3.63, 3.8) is 0 Å². The molecule has 0 unspecified atom stereocenters. The van der Waals surface area contributed by atoms with Crippen LogP contribution in [0.4, 0.5) is 8.78 Å². The fourth-order valence-electron chi connectivity index (χ4n) is 1.80. The summed E-state index contributed by atoms with van der Waals surface area (Å²) in [4.78, 5) is 12.1. The largest absolute Gasteiger partial charge is 0.287 e. The molecule has 2 aromatic rings. The molecule has 0 saturated carbocycles. The summed E-state index contributed by atoms with van der Waals surface area (Å²) < 4.78 is 27.7. The molecule has 0 spiro atoms. The van der Waals surface area contributed by atoms with Crippen LogP contribution in [0.3, 0.4) is 0 Å². The Morgan fingerprint density at radius 1 is 1.22 bits per heavy atom. The number of hydrogen-bond donors (Lipinski definition) is 0. The van der Waals surface area contributed by atoms with Crippen molar-refractivity contribution in [2.75, 3.05) is 0 Å². The summed E-state index contributed by atoms with van der Waals surface area (Å²) in [5, 5.41) is 4.13. The number of rotatable bonds is 3. The van der Waals surface area contributed by atoms with Crippen molar-refractivity contribution in [2.24, 2.45) is 0 Å². The van der Waals surface area contributed by atoms with Gasteiger partial charge in [-0.2, -0.15) is 5.10 Å². The van der Waals surface area contributed by atoms with Crippen molar-refractivity contribution in [1.82, 2.24) is 9.78 Å². The van der Waals surface area contributed by atoms with Gasteiger partial charge in [-0.15, -0.1) is 0 Å². The van der Waals surface area contributed by atoms with Crippen LogP contribution >= 0.6 is 0 Å². The lowest BCUT2D eigenvalue weighted by Crippen LogP contribution is -2.11. The van der Waals surface area contributed by atoms with E-state index in [1.54, 1.807) is 13.0 Å². The van der Waals surface area contributed by atoms with Crippen molar-refractivity contribution in [3.05, 3.63) is 52.9 Å². The van der Waals surface area contributed by atoms with E-state index in [0.29, 0.717) is 17.9 Å². The van der Waals surface area contributed by atoms with E-state index in [1.165, 1.54) is 4.68 Å². The van der Waals surface area contributed by atoms with Gasteiger partial charge >= 0.3 is 0 Å². The van der Waals surface area contributed by atoms with E-state index >= 15 is 0 Å². The average molecular weight is 250 g/mol. The predicted molar refractivity (Wildman–Crippen MR) is 62.4 cm³/mol. The third-order valence-electron chi connectivity index (χ3n) is 2.56. The molecule has 0 bridgehead atoms. The van der Waals surface area contributed by atoms with Crippen LogP contribution in [-0.2, 0) is 6.54 Å². The maximum atomic E-state index is 13.1. The van der Waals surface area contributed by atoms with E-state index in [2.05, 4.69) is 5.10 Å². The Morgan fingerprint density at radius 3 is 2.39 bits per heavy atom. The molecule has 0 saturated heterocycles. The first-order chi connectivity index (χ1) is 8.51. The lowest BCUT2D eigenvalue weighted by atomic mass is 10.1. The van der Waals surface area contributed by atoms with Crippen molar-refractivity contribution in [1.29, 1.82) is 0 Å². The first-order valence-electron chi connectivity index (χ1n) is 5.56. The van der Waals surface area contributed by atoms with E-state index in [-0.39, 0.29) is 5.56 Å². The maximum Gasteiger partial charge on any atom is 0.211 e. The summed E-state index contributed by atoms with van der Waals surface area (Å²) in [6.45, 7) is 4.12. The van der Waals surface area contributed by atoms with Gasteiger partial charge in [-0.1, -0.05) is 0 Å². The lowest BCUT2D eigenvalue weighted by molar-refractivity contribution is 0.102. The lowest BCUT2D eigenvalue weighted by Gasteiger charge is -2.04. The van der Waals surface area contributed by atoms with E-state index in [4.69, 9.17) is 0 Å². The number of aromatic nitrogens is 2. The summed E-state index contributed by atoms with van der Waals surface area (Å²) in [6, 6.07) is 4.38. The minimum absolute atomic E-state index is 0.0119. The SMILES string of the molecule is CCn1nc(C)cc1C(=O)c1cc(F)cc(F)c1. The highest BCUT2D eigenvalue weighted by Gasteiger charge is 2.16. The summed E-state index contributed by atoms with van der Waals surface area (Å²) in [5.74, 6) is -1.97. The third kappa shape index (κ3) is 2.30. The van der Waals surface area contributed by atoms with E-state index in [1.807, 2.05) is 6.92 Å². The highest BCUT2D eigenvalue weighted by Crippen LogP contribution is 2.14. The number of ketones is 1. The Kier molecular flexibility index (Phi) is 3.23. The van der Waals surface area contributed by atoms with Gasteiger partial charge in [0, 0.05) is 18.2 Å². The minimum atomic E-state index is -0.766. The van der Waals surface area contributed by atoms with Gasteiger partial charge in [0.25, 0.3) is 0 Å². The summed E-state index contributed by atoms with van der Waals surface area (Å²) in [6.07, 6.45) is 0. The number of benzene rings is 1. The summed E-state index contributed by atoms with van der Waals surface area (Å²) in [7, 11) is 0. The number of hydrogen-bond acceptors (Lipinski definition) is 2. The van der Waals surface area contributed by atoms with Gasteiger partial charge in [0.1, 0.15) is 17.3 Å². The van der Waals surface area contributed by atoms with Gasteiger partial charge in [-0.05, 0) is 32.0 Å². The molecule has 0 atom stereocenters. The van der Waals surface area contributed by atoms with Crippen molar-refractivity contribution >= 4 is 5.78 Å². The molecule has 3 nitrogen and oxygen atoms in total. The second-order valence-corrected chi connectivity index (χ2v) is 3.97. The Morgan fingerprint density at radius 2 is 1.83 bits per heavy atom. The molecule has 0 amide bonds. The zero-order valence-electron chi connectivity index (χ0n) is 10.1. The molecule has 94 valence electrons. The van der Waals surface area contributed by atoms with E-state index < -0.39 is 17.4 Å². The zero-order chi connectivity index (χ0) is 13.3. The van der Waals surface area contributed by atoms with Crippen LogP contribution in [-0.4, -0.2) is 15.6 Å². The first-order valence-corrected chi connectivity index (χ1v) is 5.56. The normalized spacial score (nSPS) is 10.7. The maximum absolute atomic E-state index is 13.1. The molecule has 0 aliphatic carbocycles. The zero-order valence-corrected chi connectivity index (χ0v) is 10.1. The topological polar surface area (TPSA) is 34.9 Å². The molecule has 18 heavy (non-hydrogen) atoms. The van der Waals surface area contributed by atoms with Crippen LogP contribution in [0.5, 0.6) is 0 Å². The Balaban J connectivity index is 2.47. The van der Waals surface area contributed by atoms with Crippen molar-refractivity contribution in [2.45, 2.75) is 20.4 Å². The summed E-state index contributed by atoms with van der Waals surface area (Å²) in [5.41, 5.74) is 1.01. The van der Waals surface area contributed by atoms with Crippen molar-refractivity contribution < 1.29 is 13.6 Å². The van der Waals surface area contributed by atoms with Crippen LogP contribution in [0.25, 0.3) is 0 Å². The van der Waals surface area contributed by atoms with Gasteiger partial charge in [-0.3, -0.25) is 9.48 Å². The van der Waals surface area contributed by atoms with Crippen LogP contribution < -0.4 is 0 Å². The Hall–Kier alpha value is -2.04. The second kappa shape index (κ2) is 4.68. The van der Waals surface area contributed by atoms with E-state index in [9.17, 15) is 13.6 Å². The van der Waals surface area contributed by atoms with Crippen LogP contribution in [0.1, 0.15) is 28.7 Å². The van der Waals surface area contributed by atoms with Crippen LogP contribution in [0.2, 0.25) is 0 Å². The first kappa shape index (κ1) is 12.4. The molecule has 0 radical (unpaired) electrons. The number of aryl methyl sites for hydroxylation is 2. The molecule has 1 heterocycles. The molecule has 2 rings (SSSR count). The second-order valence-electron chi connectivity index (χ2n) is 3.97. The van der Waals surface area contributed by atoms with Crippen LogP contribution in [0.15, 0.2) is 24.3 Å². The highest BCUT2D eigenvalue weighted by atomic mass is 19.1. The molecule has 0 fully saturated rings. The fourth-order valence-corrected chi connectivity index (χ4v) is 1.80. The monoisotopic (exact) mass is 250 g/mol. The Bertz CT molecular complexity index is 585. The molecular formula is C13H12F2N2O. The quantitative estimate of drug-likeness (QED) is 0.785. The van der Waals surface area contributed by atoms with Gasteiger partial charge in [0.05, 0.1) is 5.69 Å². The van der Waals surface area contributed by atoms with Gasteiger partial charge in [0.2, 0.25) is 5.78 Å². The minimum Gasteiger partial charge on any atom is -0.287 e. The smallest absolute Gasteiger partial charge is 0.211 e. The van der Waals surface area contributed by atoms with Crippen molar-refractivity contribution in [3.8, 4) is 0 Å². The standard InChI is InChI=1S/C13H12F2N2O/c1-3-17-12(4-8(2)16-17)13(18)9-5-10(14)7-11(15)6-9/h4-7H,3H2,1-2H3. The molecular weight excluding hydrogens is 238 g/mol. The predicted octanol–water partition coefficient (Wildman–Crippen LogP) is 2.72. The number of carbonyl (C=O) groups is 1. The Labute approximate surface area is 103 Å². The molecule has 0 aliphatic rings. The highest BCUT2D eigenvalue weighted by molar-refractivity contribution is 6.07. The molecule has 5 heteroatoms. The average Bonchev–Trinajstić information content (AvgIpc) is 2.68. The molecule has 1 aromatic carbocycles. The molecule has 0 aliphatic heterocycles. The van der Waals surface area contributed by atoms with Gasteiger partial charge in [-0.25, -0.2) is 8.78 Å². The van der Waals surface area contributed by atoms with E-state index in [0.717, 1.165) is 18.2 Å². The molecule has 1 aromatic heterocycles. The van der Waals surface area contributed by atoms with Crippen LogP contribution in [0, 0.1) is 18.6 Å².